The van der Waals surface area contributed by atoms with Crippen LogP contribution in [0.3, 0.4) is 0 Å². The third-order valence-corrected chi connectivity index (χ3v) is 4.74. The lowest BCUT2D eigenvalue weighted by atomic mass is 10.0. The molecule has 1 aromatic carbocycles. The molecule has 0 saturated heterocycles. The smallest absolute Gasteiger partial charge is 0.320 e. The first-order valence-corrected chi connectivity index (χ1v) is 9.68. The molecule has 1 aliphatic rings. The van der Waals surface area contributed by atoms with E-state index in [1.807, 2.05) is 58.0 Å². The summed E-state index contributed by atoms with van der Waals surface area (Å²) in [6, 6.07) is 10.6. The van der Waals surface area contributed by atoms with Crippen LogP contribution in [-0.2, 0) is 11.2 Å². The number of carbonyl (C=O) groups is 2. The minimum atomic E-state index is -0.339. The zero-order chi connectivity index (χ0) is 20.5. The van der Waals surface area contributed by atoms with Gasteiger partial charge in [0.2, 0.25) is 5.91 Å². The molecule has 0 aliphatic carbocycles. The number of urea groups is 1. The zero-order valence-corrected chi connectivity index (χ0v) is 17.3. The van der Waals surface area contributed by atoms with Crippen LogP contribution < -0.4 is 15.5 Å². The summed E-state index contributed by atoms with van der Waals surface area (Å²) in [7, 11) is 0. The van der Waals surface area contributed by atoms with Gasteiger partial charge in [0, 0.05) is 23.4 Å². The van der Waals surface area contributed by atoms with Crippen LogP contribution in [0.4, 0.5) is 16.3 Å². The maximum absolute atomic E-state index is 12.7. The molecule has 1 atom stereocenters. The third-order valence-electron chi connectivity index (χ3n) is 4.50. The molecular weight excluding hydrogens is 376 g/mol. The molecule has 0 fully saturated rings. The Morgan fingerprint density at radius 3 is 2.64 bits per heavy atom. The second kappa shape index (κ2) is 7.80. The van der Waals surface area contributed by atoms with E-state index in [1.165, 1.54) is 0 Å². The Hall–Kier alpha value is -2.60. The van der Waals surface area contributed by atoms with Crippen molar-refractivity contribution in [1.82, 2.24) is 10.3 Å². The van der Waals surface area contributed by atoms with E-state index >= 15 is 0 Å². The van der Waals surface area contributed by atoms with Gasteiger partial charge in [0.25, 0.3) is 0 Å². The summed E-state index contributed by atoms with van der Waals surface area (Å²) in [5.41, 5.74) is 2.18. The lowest BCUT2D eigenvalue weighted by molar-refractivity contribution is -0.119. The predicted molar refractivity (Wildman–Crippen MR) is 112 cm³/mol. The van der Waals surface area contributed by atoms with Gasteiger partial charge >= 0.3 is 6.03 Å². The van der Waals surface area contributed by atoms with Gasteiger partial charge in [0.1, 0.15) is 5.82 Å². The number of hydrogen-bond acceptors (Lipinski definition) is 3. The monoisotopic (exact) mass is 400 g/mol. The number of rotatable bonds is 3. The van der Waals surface area contributed by atoms with Gasteiger partial charge < -0.3 is 10.2 Å². The van der Waals surface area contributed by atoms with Gasteiger partial charge in [-0.25, -0.2) is 9.78 Å². The first kappa shape index (κ1) is 20.1. The highest BCUT2D eigenvalue weighted by atomic mass is 35.5. The molecule has 6 nitrogen and oxygen atoms in total. The number of nitrogens with zero attached hydrogens (tertiary/aromatic N) is 2. The number of aromatic nitrogens is 1. The summed E-state index contributed by atoms with van der Waals surface area (Å²) in [6.07, 6.45) is 0.923. The van der Waals surface area contributed by atoms with Gasteiger partial charge in [-0.3, -0.25) is 10.1 Å². The summed E-state index contributed by atoms with van der Waals surface area (Å²) in [5.74, 6) is 0.512. The maximum Gasteiger partial charge on any atom is 0.320 e. The van der Waals surface area contributed by atoms with Crippen LogP contribution in [0.5, 0.6) is 0 Å². The Morgan fingerprint density at radius 2 is 1.96 bits per heavy atom. The fraction of sp³-hybridized carbons (Fsp3) is 0.381. The first-order chi connectivity index (χ1) is 13.1. The van der Waals surface area contributed by atoms with Gasteiger partial charge in [-0.2, -0.15) is 0 Å². The number of amides is 3. The van der Waals surface area contributed by atoms with E-state index in [1.54, 1.807) is 11.0 Å². The van der Waals surface area contributed by atoms with Crippen molar-refractivity contribution in [2.45, 2.75) is 52.1 Å². The summed E-state index contributed by atoms with van der Waals surface area (Å²) < 4.78 is 0. The zero-order valence-electron chi connectivity index (χ0n) is 16.5. The Labute approximate surface area is 170 Å². The number of carbonyl (C=O) groups excluding carboxylic acids is 2. The molecule has 7 heteroatoms. The van der Waals surface area contributed by atoms with Crippen LogP contribution in [0.1, 0.15) is 51.4 Å². The van der Waals surface area contributed by atoms with E-state index in [4.69, 9.17) is 11.6 Å². The highest BCUT2D eigenvalue weighted by Gasteiger charge is 2.30. The minimum absolute atomic E-state index is 0.0490. The maximum atomic E-state index is 12.7. The van der Waals surface area contributed by atoms with Crippen LogP contribution in [0.25, 0.3) is 0 Å². The molecule has 0 saturated carbocycles. The van der Waals surface area contributed by atoms with Crippen molar-refractivity contribution in [2.24, 2.45) is 0 Å². The normalized spacial score (nSPS) is 15.0. The second-order valence-corrected chi connectivity index (χ2v) is 8.42. The van der Waals surface area contributed by atoms with Crippen molar-refractivity contribution in [3.8, 4) is 0 Å². The number of aryl methyl sites for hydroxylation is 1. The van der Waals surface area contributed by atoms with Gasteiger partial charge in [-0.05, 0) is 57.5 Å². The van der Waals surface area contributed by atoms with Gasteiger partial charge in [0.05, 0.1) is 17.4 Å². The fourth-order valence-electron chi connectivity index (χ4n) is 3.28. The SMILES string of the molecule is C[C@@H](c1cccc(Cl)c1)N1C(=O)CCc2nc(NC(=O)NC(C)(C)C)ccc21. The number of fused-ring (bicyclic) bond motifs is 1. The predicted octanol–water partition coefficient (Wildman–Crippen LogP) is 4.70. The highest BCUT2D eigenvalue weighted by molar-refractivity contribution is 6.30. The van der Waals surface area contributed by atoms with Crippen LogP contribution in [-0.4, -0.2) is 22.5 Å². The standard InChI is InChI=1S/C21H25ClN4O2/c1-13(14-6-5-7-15(22)12-14)26-17-9-10-18(23-16(17)8-11-19(26)27)24-20(28)25-21(2,3)4/h5-7,9-10,12-13H,8,11H2,1-4H3,(H2,23,24,25,28)/t13-/m0/s1. The fourth-order valence-corrected chi connectivity index (χ4v) is 3.47. The molecule has 3 amide bonds. The van der Waals surface area contributed by atoms with Crippen LogP contribution in [0.15, 0.2) is 36.4 Å². The molecule has 0 spiro atoms. The van der Waals surface area contributed by atoms with Gasteiger partial charge in [0.15, 0.2) is 0 Å². The lowest BCUT2D eigenvalue weighted by Crippen LogP contribution is -2.43. The molecule has 0 radical (unpaired) electrons. The number of nitrogens with one attached hydrogen (secondary N) is 2. The van der Waals surface area contributed by atoms with Crippen molar-refractivity contribution < 1.29 is 9.59 Å². The van der Waals surface area contributed by atoms with E-state index in [9.17, 15) is 9.59 Å². The summed E-state index contributed by atoms with van der Waals surface area (Å²) in [4.78, 5) is 31.1. The van der Waals surface area contributed by atoms with Crippen molar-refractivity contribution in [3.05, 3.63) is 52.7 Å². The molecule has 3 rings (SSSR count). The lowest BCUT2D eigenvalue weighted by Gasteiger charge is -2.34. The molecule has 1 aliphatic heterocycles. The average molecular weight is 401 g/mol. The molecule has 2 aromatic rings. The average Bonchev–Trinajstić information content (AvgIpc) is 2.59. The number of hydrogen-bond donors (Lipinski definition) is 2. The quantitative estimate of drug-likeness (QED) is 0.784. The highest BCUT2D eigenvalue weighted by Crippen LogP contribution is 2.35. The Morgan fingerprint density at radius 1 is 1.21 bits per heavy atom. The summed E-state index contributed by atoms with van der Waals surface area (Å²) in [5, 5.41) is 6.24. The van der Waals surface area contributed by atoms with Crippen molar-refractivity contribution in [3.63, 3.8) is 0 Å². The molecule has 2 N–H and O–H groups in total. The summed E-state index contributed by atoms with van der Waals surface area (Å²) >= 11 is 6.12. The van der Waals surface area contributed by atoms with Crippen LogP contribution >= 0.6 is 11.6 Å². The number of pyridine rings is 1. The third kappa shape index (κ3) is 4.62. The van der Waals surface area contributed by atoms with Gasteiger partial charge in [-0.15, -0.1) is 0 Å². The van der Waals surface area contributed by atoms with Crippen LogP contribution in [0, 0.1) is 0 Å². The minimum Gasteiger partial charge on any atom is -0.333 e. The Kier molecular flexibility index (Phi) is 5.61. The largest absolute Gasteiger partial charge is 0.333 e. The Balaban J connectivity index is 1.85. The number of benzene rings is 1. The molecule has 1 aromatic heterocycles. The van der Waals surface area contributed by atoms with Crippen molar-refractivity contribution in [1.29, 1.82) is 0 Å². The number of halogens is 1. The molecule has 0 unspecified atom stereocenters. The van der Waals surface area contributed by atoms with Gasteiger partial charge in [-0.1, -0.05) is 23.7 Å². The molecule has 148 valence electrons. The molecule has 2 heterocycles. The molecular formula is C21H25ClN4O2. The molecule has 0 bridgehead atoms. The number of anilines is 2. The second-order valence-electron chi connectivity index (χ2n) is 7.99. The summed E-state index contributed by atoms with van der Waals surface area (Å²) in [6.45, 7) is 7.70. The van der Waals surface area contributed by atoms with E-state index in [-0.39, 0.29) is 23.5 Å². The van der Waals surface area contributed by atoms with E-state index < -0.39 is 0 Å². The van der Waals surface area contributed by atoms with Crippen molar-refractivity contribution >= 4 is 35.0 Å². The van der Waals surface area contributed by atoms with Crippen molar-refractivity contribution in [2.75, 3.05) is 10.2 Å². The van der Waals surface area contributed by atoms with Crippen LogP contribution in [0.2, 0.25) is 5.02 Å². The van der Waals surface area contributed by atoms with E-state index in [0.29, 0.717) is 23.7 Å². The first-order valence-electron chi connectivity index (χ1n) is 9.31. The Bertz CT molecular complexity index is 908. The molecule has 28 heavy (non-hydrogen) atoms. The topological polar surface area (TPSA) is 74.3 Å². The van der Waals surface area contributed by atoms with E-state index in [2.05, 4.69) is 15.6 Å². The van der Waals surface area contributed by atoms with E-state index in [0.717, 1.165) is 16.9 Å².